The van der Waals surface area contributed by atoms with E-state index in [1.54, 1.807) is 18.0 Å². The molecule has 4 heteroatoms. The van der Waals surface area contributed by atoms with Gasteiger partial charge in [0.05, 0.1) is 5.75 Å². The summed E-state index contributed by atoms with van der Waals surface area (Å²) in [5.74, 6) is 0.793. The third kappa shape index (κ3) is 2.85. The highest BCUT2D eigenvalue weighted by atomic mass is 32.2. The summed E-state index contributed by atoms with van der Waals surface area (Å²) in [4.78, 5) is 18.3. The van der Waals surface area contributed by atoms with Crippen LogP contribution in [-0.4, -0.2) is 28.1 Å². The molecule has 1 aliphatic rings. The van der Waals surface area contributed by atoms with Crippen molar-refractivity contribution in [2.75, 3.05) is 12.3 Å². The number of aromatic nitrogens is 1. The SMILES string of the molecule is O=C1CSC(c2ccccc2)N1CCc1ccccn1. The van der Waals surface area contributed by atoms with E-state index in [0.29, 0.717) is 5.75 Å². The standard InChI is InChI=1S/C16H16N2OS/c19-15-12-20-16(13-6-2-1-3-7-13)18(15)11-9-14-8-4-5-10-17-14/h1-8,10,16H,9,11-12H2. The van der Waals surface area contributed by atoms with Crippen molar-refractivity contribution in [1.29, 1.82) is 0 Å². The average molecular weight is 284 g/mol. The largest absolute Gasteiger partial charge is 0.325 e. The molecule has 1 unspecified atom stereocenters. The van der Waals surface area contributed by atoms with E-state index in [0.717, 1.165) is 18.7 Å². The maximum atomic E-state index is 12.1. The van der Waals surface area contributed by atoms with Gasteiger partial charge < -0.3 is 4.90 Å². The predicted octanol–water partition coefficient (Wildman–Crippen LogP) is 2.90. The van der Waals surface area contributed by atoms with Gasteiger partial charge in [-0.05, 0) is 17.7 Å². The van der Waals surface area contributed by atoms with Crippen molar-refractivity contribution in [2.24, 2.45) is 0 Å². The third-order valence-electron chi connectivity index (χ3n) is 3.39. The molecular weight excluding hydrogens is 268 g/mol. The Labute approximate surface area is 123 Å². The van der Waals surface area contributed by atoms with E-state index < -0.39 is 0 Å². The lowest BCUT2D eigenvalue weighted by molar-refractivity contribution is -0.128. The molecular formula is C16H16N2OS. The van der Waals surface area contributed by atoms with Gasteiger partial charge in [0, 0.05) is 24.9 Å². The van der Waals surface area contributed by atoms with E-state index in [-0.39, 0.29) is 11.3 Å². The Bertz CT molecular complexity index is 574. The molecule has 20 heavy (non-hydrogen) atoms. The van der Waals surface area contributed by atoms with Gasteiger partial charge in [-0.1, -0.05) is 36.4 Å². The van der Waals surface area contributed by atoms with Crippen LogP contribution >= 0.6 is 11.8 Å². The number of rotatable bonds is 4. The minimum atomic E-state index is 0.146. The minimum absolute atomic E-state index is 0.146. The maximum absolute atomic E-state index is 12.1. The van der Waals surface area contributed by atoms with Gasteiger partial charge in [-0.15, -0.1) is 11.8 Å². The van der Waals surface area contributed by atoms with Crippen LogP contribution in [0.2, 0.25) is 0 Å². The van der Waals surface area contributed by atoms with E-state index in [2.05, 4.69) is 17.1 Å². The van der Waals surface area contributed by atoms with Crippen molar-refractivity contribution in [1.82, 2.24) is 9.88 Å². The summed E-state index contributed by atoms with van der Waals surface area (Å²) in [5.41, 5.74) is 2.23. The molecule has 1 aromatic heterocycles. The number of carbonyl (C=O) groups is 1. The van der Waals surface area contributed by atoms with Crippen LogP contribution < -0.4 is 0 Å². The fraction of sp³-hybridized carbons (Fsp3) is 0.250. The second-order valence-electron chi connectivity index (χ2n) is 4.73. The zero-order chi connectivity index (χ0) is 13.8. The van der Waals surface area contributed by atoms with Crippen molar-refractivity contribution < 1.29 is 4.79 Å². The summed E-state index contributed by atoms with van der Waals surface area (Å²) in [6.45, 7) is 0.725. The third-order valence-corrected chi connectivity index (χ3v) is 4.64. The monoisotopic (exact) mass is 284 g/mol. The Kier molecular flexibility index (Phi) is 4.02. The van der Waals surface area contributed by atoms with Crippen molar-refractivity contribution in [3.63, 3.8) is 0 Å². The fourth-order valence-corrected chi connectivity index (χ4v) is 3.59. The first-order valence-electron chi connectivity index (χ1n) is 6.70. The summed E-state index contributed by atoms with van der Waals surface area (Å²) in [6, 6.07) is 16.1. The van der Waals surface area contributed by atoms with Gasteiger partial charge >= 0.3 is 0 Å². The molecule has 0 saturated carbocycles. The molecule has 1 atom stereocenters. The molecule has 1 saturated heterocycles. The van der Waals surface area contributed by atoms with Gasteiger partial charge in [-0.25, -0.2) is 0 Å². The summed E-state index contributed by atoms with van der Waals surface area (Å²) in [6.07, 6.45) is 2.60. The Morgan fingerprint density at radius 3 is 2.70 bits per heavy atom. The van der Waals surface area contributed by atoms with Gasteiger partial charge in [-0.3, -0.25) is 9.78 Å². The highest BCUT2D eigenvalue weighted by Crippen LogP contribution is 2.38. The van der Waals surface area contributed by atoms with Crippen LogP contribution in [0.15, 0.2) is 54.7 Å². The highest BCUT2D eigenvalue weighted by Gasteiger charge is 2.32. The lowest BCUT2D eigenvalue weighted by atomic mass is 10.2. The molecule has 0 bridgehead atoms. The summed E-state index contributed by atoms with van der Waals surface area (Å²) in [7, 11) is 0. The smallest absolute Gasteiger partial charge is 0.233 e. The molecule has 2 aromatic rings. The number of nitrogens with zero attached hydrogens (tertiary/aromatic N) is 2. The van der Waals surface area contributed by atoms with E-state index >= 15 is 0 Å². The zero-order valence-corrected chi connectivity index (χ0v) is 11.9. The minimum Gasteiger partial charge on any atom is -0.325 e. The van der Waals surface area contributed by atoms with Gasteiger partial charge in [0.1, 0.15) is 5.37 Å². The van der Waals surface area contributed by atoms with Crippen LogP contribution in [-0.2, 0) is 11.2 Å². The molecule has 0 radical (unpaired) electrons. The van der Waals surface area contributed by atoms with Crippen LogP contribution in [0.5, 0.6) is 0 Å². The summed E-state index contributed by atoms with van der Waals surface area (Å²) in [5, 5.41) is 0.146. The first-order chi connectivity index (χ1) is 9.84. The Hall–Kier alpha value is -1.81. The maximum Gasteiger partial charge on any atom is 0.233 e. The number of amides is 1. The summed E-state index contributed by atoms with van der Waals surface area (Å²) < 4.78 is 0. The van der Waals surface area contributed by atoms with E-state index in [1.807, 2.05) is 41.3 Å². The molecule has 2 heterocycles. The fourth-order valence-electron chi connectivity index (χ4n) is 2.37. The molecule has 0 spiro atoms. The van der Waals surface area contributed by atoms with Gasteiger partial charge in [0.15, 0.2) is 0 Å². The number of benzene rings is 1. The van der Waals surface area contributed by atoms with Gasteiger partial charge in [0.2, 0.25) is 5.91 Å². The quantitative estimate of drug-likeness (QED) is 0.865. The second kappa shape index (κ2) is 6.09. The molecule has 102 valence electrons. The van der Waals surface area contributed by atoms with E-state index in [9.17, 15) is 4.79 Å². The molecule has 1 amide bonds. The van der Waals surface area contributed by atoms with Crippen LogP contribution in [0.1, 0.15) is 16.6 Å². The lowest BCUT2D eigenvalue weighted by Gasteiger charge is -2.24. The first-order valence-corrected chi connectivity index (χ1v) is 7.75. The topological polar surface area (TPSA) is 33.2 Å². The highest BCUT2D eigenvalue weighted by molar-refractivity contribution is 8.00. The number of hydrogen-bond acceptors (Lipinski definition) is 3. The predicted molar refractivity (Wildman–Crippen MR) is 81.3 cm³/mol. The molecule has 3 rings (SSSR count). The number of thioether (sulfide) groups is 1. The first kappa shape index (κ1) is 13.2. The Balaban J connectivity index is 1.71. The molecule has 3 nitrogen and oxygen atoms in total. The normalized spacial score (nSPS) is 18.5. The summed E-state index contributed by atoms with van der Waals surface area (Å²) >= 11 is 1.70. The number of hydrogen-bond donors (Lipinski definition) is 0. The number of carbonyl (C=O) groups excluding carboxylic acids is 1. The van der Waals surface area contributed by atoms with Gasteiger partial charge in [0.25, 0.3) is 0 Å². The number of pyridine rings is 1. The van der Waals surface area contributed by atoms with E-state index in [4.69, 9.17) is 0 Å². The molecule has 0 aliphatic carbocycles. The van der Waals surface area contributed by atoms with Crippen LogP contribution in [0.4, 0.5) is 0 Å². The molecule has 1 fully saturated rings. The molecule has 1 aliphatic heterocycles. The van der Waals surface area contributed by atoms with Crippen molar-refractivity contribution >= 4 is 17.7 Å². The zero-order valence-electron chi connectivity index (χ0n) is 11.1. The van der Waals surface area contributed by atoms with Crippen LogP contribution in [0.25, 0.3) is 0 Å². The van der Waals surface area contributed by atoms with Crippen molar-refractivity contribution in [3.05, 3.63) is 66.0 Å². The molecule has 0 N–H and O–H groups in total. The van der Waals surface area contributed by atoms with Gasteiger partial charge in [-0.2, -0.15) is 0 Å². The van der Waals surface area contributed by atoms with Crippen molar-refractivity contribution in [3.8, 4) is 0 Å². The lowest BCUT2D eigenvalue weighted by Crippen LogP contribution is -2.30. The van der Waals surface area contributed by atoms with E-state index in [1.165, 1.54) is 5.56 Å². The second-order valence-corrected chi connectivity index (χ2v) is 5.80. The van der Waals surface area contributed by atoms with Crippen LogP contribution in [0, 0.1) is 0 Å². The Morgan fingerprint density at radius 2 is 1.95 bits per heavy atom. The van der Waals surface area contributed by atoms with Crippen LogP contribution in [0.3, 0.4) is 0 Å². The Morgan fingerprint density at radius 1 is 1.15 bits per heavy atom. The van der Waals surface area contributed by atoms with Crippen molar-refractivity contribution in [2.45, 2.75) is 11.8 Å². The average Bonchev–Trinajstić information content (AvgIpc) is 2.88. The molecule has 1 aromatic carbocycles.